The maximum atomic E-state index is 11.2. The van der Waals surface area contributed by atoms with Gasteiger partial charge in [0.2, 0.25) is 0 Å². The SMILES string of the molecule is O=C1CCCC(CC2CCCC2)C1. The highest BCUT2D eigenvalue weighted by molar-refractivity contribution is 5.79. The van der Waals surface area contributed by atoms with E-state index < -0.39 is 0 Å². The summed E-state index contributed by atoms with van der Waals surface area (Å²) in [7, 11) is 0. The summed E-state index contributed by atoms with van der Waals surface area (Å²) in [5.74, 6) is 2.24. The van der Waals surface area contributed by atoms with E-state index in [1.54, 1.807) is 0 Å². The topological polar surface area (TPSA) is 17.1 Å². The van der Waals surface area contributed by atoms with Crippen molar-refractivity contribution in [1.82, 2.24) is 0 Å². The van der Waals surface area contributed by atoms with Gasteiger partial charge in [-0.2, -0.15) is 0 Å². The molecule has 1 atom stereocenters. The van der Waals surface area contributed by atoms with Crippen LogP contribution in [0, 0.1) is 11.8 Å². The molecule has 2 aliphatic carbocycles. The summed E-state index contributed by atoms with van der Waals surface area (Å²) in [6.07, 6.45) is 11.3. The fourth-order valence-electron chi connectivity index (χ4n) is 3.03. The smallest absolute Gasteiger partial charge is 0.133 e. The Kier molecular flexibility index (Phi) is 3.02. The van der Waals surface area contributed by atoms with Crippen molar-refractivity contribution >= 4 is 5.78 Å². The zero-order chi connectivity index (χ0) is 9.10. The molecule has 0 aromatic carbocycles. The molecule has 0 aromatic heterocycles. The van der Waals surface area contributed by atoms with E-state index in [4.69, 9.17) is 0 Å². The third-order valence-corrected chi connectivity index (χ3v) is 3.73. The molecule has 2 fully saturated rings. The normalized spacial score (nSPS) is 31.1. The summed E-state index contributed by atoms with van der Waals surface area (Å²) >= 11 is 0. The van der Waals surface area contributed by atoms with Crippen LogP contribution in [0.3, 0.4) is 0 Å². The zero-order valence-electron chi connectivity index (χ0n) is 8.43. The van der Waals surface area contributed by atoms with E-state index in [9.17, 15) is 4.79 Å². The summed E-state index contributed by atoms with van der Waals surface area (Å²) < 4.78 is 0. The molecule has 13 heavy (non-hydrogen) atoms. The number of hydrogen-bond donors (Lipinski definition) is 0. The Morgan fingerprint density at radius 3 is 2.38 bits per heavy atom. The van der Waals surface area contributed by atoms with Crippen LogP contribution < -0.4 is 0 Å². The Bertz CT molecular complexity index is 180. The fourth-order valence-corrected chi connectivity index (χ4v) is 3.03. The molecule has 2 saturated carbocycles. The van der Waals surface area contributed by atoms with E-state index in [1.807, 2.05) is 0 Å². The van der Waals surface area contributed by atoms with Gasteiger partial charge in [-0.1, -0.05) is 25.7 Å². The van der Waals surface area contributed by atoms with Crippen LogP contribution in [-0.4, -0.2) is 5.78 Å². The molecule has 0 bridgehead atoms. The molecule has 0 spiro atoms. The van der Waals surface area contributed by atoms with Crippen molar-refractivity contribution in [1.29, 1.82) is 0 Å². The first-order valence-electron chi connectivity index (χ1n) is 5.86. The molecule has 1 unspecified atom stereocenters. The molecule has 0 saturated heterocycles. The van der Waals surface area contributed by atoms with E-state index in [2.05, 4.69) is 0 Å². The molecule has 2 aliphatic rings. The second kappa shape index (κ2) is 4.26. The molecule has 0 N–H and O–H groups in total. The molecule has 0 amide bonds. The van der Waals surface area contributed by atoms with Crippen LogP contribution in [0.15, 0.2) is 0 Å². The first-order valence-corrected chi connectivity index (χ1v) is 5.86. The molecule has 0 aliphatic heterocycles. The minimum atomic E-state index is 0.522. The predicted octanol–water partition coefficient (Wildman–Crippen LogP) is 3.33. The van der Waals surface area contributed by atoms with Crippen molar-refractivity contribution in [3.63, 3.8) is 0 Å². The lowest BCUT2D eigenvalue weighted by molar-refractivity contribution is -0.121. The van der Waals surface area contributed by atoms with Gasteiger partial charge in [0.15, 0.2) is 0 Å². The standard InChI is InChI=1S/C12H20O/c13-12-7-3-6-11(9-12)8-10-4-1-2-5-10/h10-11H,1-9H2. The average molecular weight is 180 g/mol. The maximum absolute atomic E-state index is 11.2. The van der Waals surface area contributed by atoms with Crippen molar-refractivity contribution in [2.45, 2.75) is 57.8 Å². The Labute approximate surface area is 80.9 Å². The summed E-state index contributed by atoms with van der Waals surface area (Å²) in [6.45, 7) is 0. The van der Waals surface area contributed by atoms with Gasteiger partial charge in [0.05, 0.1) is 0 Å². The molecule has 0 radical (unpaired) electrons. The van der Waals surface area contributed by atoms with Gasteiger partial charge >= 0.3 is 0 Å². The largest absolute Gasteiger partial charge is 0.300 e. The van der Waals surface area contributed by atoms with Crippen LogP contribution in [0.25, 0.3) is 0 Å². The van der Waals surface area contributed by atoms with Crippen molar-refractivity contribution in [3.8, 4) is 0 Å². The van der Waals surface area contributed by atoms with Gasteiger partial charge in [-0.25, -0.2) is 0 Å². The highest BCUT2D eigenvalue weighted by Gasteiger charge is 2.24. The van der Waals surface area contributed by atoms with Crippen molar-refractivity contribution in [2.75, 3.05) is 0 Å². The van der Waals surface area contributed by atoms with Gasteiger partial charge in [0.1, 0.15) is 5.78 Å². The van der Waals surface area contributed by atoms with Crippen LogP contribution in [0.2, 0.25) is 0 Å². The first kappa shape index (κ1) is 9.23. The van der Waals surface area contributed by atoms with Crippen LogP contribution in [0.4, 0.5) is 0 Å². The number of carbonyl (C=O) groups excluding carboxylic acids is 1. The highest BCUT2D eigenvalue weighted by Crippen LogP contribution is 2.34. The second-order valence-electron chi connectivity index (χ2n) is 4.89. The zero-order valence-corrected chi connectivity index (χ0v) is 8.43. The summed E-state index contributed by atoms with van der Waals surface area (Å²) in [4.78, 5) is 11.2. The van der Waals surface area contributed by atoms with E-state index in [1.165, 1.54) is 38.5 Å². The highest BCUT2D eigenvalue weighted by atomic mass is 16.1. The van der Waals surface area contributed by atoms with Crippen LogP contribution in [0.1, 0.15) is 57.8 Å². The van der Waals surface area contributed by atoms with Crippen molar-refractivity contribution in [3.05, 3.63) is 0 Å². The summed E-state index contributed by atoms with van der Waals surface area (Å²) in [5.41, 5.74) is 0. The van der Waals surface area contributed by atoms with E-state index in [0.717, 1.165) is 31.1 Å². The third kappa shape index (κ3) is 2.55. The molecular formula is C12H20O. The van der Waals surface area contributed by atoms with Gasteiger partial charge in [-0.3, -0.25) is 4.79 Å². The lowest BCUT2D eigenvalue weighted by atomic mass is 9.82. The summed E-state index contributed by atoms with van der Waals surface area (Å²) in [5, 5.41) is 0. The predicted molar refractivity (Wildman–Crippen MR) is 53.5 cm³/mol. The minimum Gasteiger partial charge on any atom is -0.300 e. The molecule has 1 nitrogen and oxygen atoms in total. The van der Waals surface area contributed by atoms with E-state index in [-0.39, 0.29) is 0 Å². The van der Waals surface area contributed by atoms with Crippen molar-refractivity contribution in [2.24, 2.45) is 11.8 Å². The molecule has 0 aromatic rings. The van der Waals surface area contributed by atoms with Gasteiger partial charge in [-0.15, -0.1) is 0 Å². The van der Waals surface area contributed by atoms with Gasteiger partial charge in [0.25, 0.3) is 0 Å². The van der Waals surface area contributed by atoms with Gasteiger partial charge in [-0.05, 0) is 31.1 Å². The van der Waals surface area contributed by atoms with E-state index in [0.29, 0.717) is 5.78 Å². The fraction of sp³-hybridized carbons (Fsp3) is 0.917. The number of ketones is 1. The lowest BCUT2D eigenvalue weighted by Gasteiger charge is -2.23. The quantitative estimate of drug-likeness (QED) is 0.637. The molecular weight excluding hydrogens is 160 g/mol. The Morgan fingerprint density at radius 2 is 1.69 bits per heavy atom. The Morgan fingerprint density at radius 1 is 1.00 bits per heavy atom. The second-order valence-corrected chi connectivity index (χ2v) is 4.89. The Balaban J connectivity index is 1.76. The van der Waals surface area contributed by atoms with Crippen LogP contribution >= 0.6 is 0 Å². The number of hydrogen-bond acceptors (Lipinski definition) is 1. The van der Waals surface area contributed by atoms with Crippen LogP contribution in [-0.2, 0) is 4.79 Å². The molecule has 1 heteroatoms. The monoisotopic (exact) mass is 180 g/mol. The minimum absolute atomic E-state index is 0.522. The molecule has 74 valence electrons. The Hall–Kier alpha value is -0.330. The summed E-state index contributed by atoms with van der Waals surface area (Å²) in [6, 6.07) is 0. The number of rotatable bonds is 2. The number of carbonyl (C=O) groups is 1. The lowest BCUT2D eigenvalue weighted by Crippen LogP contribution is -2.17. The number of Topliss-reactive ketones (excluding diaryl/α,β-unsaturated/α-hetero) is 1. The molecule has 0 heterocycles. The van der Waals surface area contributed by atoms with Gasteiger partial charge in [0, 0.05) is 12.8 Å². The average Bonchev–Trinajstić information content (AvgIpc) is 2.57. The molecule has 2 rings (SSSR count). The van der Waals surface area contributed by atoms with Crippen LogP contribution in [0.5, 0.6) is 0 Å². The first-order chi connectivity index (χ1) is 6.34. The maximum Gasteiger partial charge on any atom is 0.133 e. The van der Waals surface area contributed by atoms with Gasteiger partial charge < -0.3 is 0 Å². The van der Waals surface area contributed by atoms with E-state index >= 15 is 0 Å². The van der Waals surface area contributed by atoms with Crippen molar-refractivity contribution < 1.29 is 4.79 Å². The third-order valence-electron chi connectivity index (χ3n) is 3.73.